The predicted molar refractivity (Wildman–Crippen MR) is 65.0 cm³/mol. The molecule has 106 valence electrons. The van der Waals surface area contributed by atoms with Crippen LogP contribution in [0.2, 0.25) is 0 Å². The largest absolute Gasteiger partial charge is 0.462 e. The second kappa shape index (κ2) is 5.14. The monoisotopic (exact) mass is 273 g/mol. The average molecular weight is 273 g/mol. The number of rotatable bonds is 3. The fourth-order valence-corrected chi connectivity index (χ4v) is 2.30. The van der Waals surface area contributed by atoms with E-state index in [9.17, 15) is 13.6 Å². The molecule has 1 aliphatic rings. The third kappa shape index (κ3) is 2.85. The summed E-state index contributed by atoms with van der Waals surface area (Å²) in [6, 6.07) is -0.178. The second-order valence-corrected chi connectivity index (χ2v) is 4.70. The highest BCUT2D eigenvalue weighted by Gasteiger charge is 2.36. The Kier molecular flexibility index (Phi) is 3.73. The number of carbonyl (C=O) groups is 1. The first-order valence-corrected chi connectivity index (χ1v) is 6.32. The number of nitrogens with two attached hydrogens (primary N) is 1. The van der Waals surface area contributed by atoms with Gasteiger partial charge in [-0.25, -0.2) is 18.3 Å². The molecular formula is C12H17F2N3O2. The lowest BCUT2D eigenvalue weighted by Crippen LogP contribution is -2.27. The first kappa shape index (κ1) is 13.8. The fraction of sp³-hybridized carbons (Fsp3) is 0.667. The molecule has 0 aliphatic heterocycles. The standard InChI is InChI=1S/C12H17F2N3O2/c1-2-19-11(18)9-7-16-17(10(9)15)8-3-5-12(13,14)6-4-8/h7-8H,2-6,15H2,1H3. The maximum absolute atomic E-state index is 13.1. The van der Waals surface area contributed by atoms with Crippen molar-refractivity contribution in [3.8, 4) is 0 Å². The number of aromatic nitrogens is 2. The van der Waals surface area contributed by atoms with Crippen LogP contribution >= 0.6 is 0 Å². The number of nitrogen functional groups attached to an aromatic ring is 1. The van der Waals surface area contributed by atoms with Gasteiger partial charge in [-0.05, 0) is 19.8 Å². The van der Waals surface area contributed by atoms with Crippen LogP contribution in [0.5, 0.6) is 0 Å². The first-order chi connectivity index (χ1) is 8.94. The summed E-state index contributed by atoms with van der Waals surface area (Å²) in [5, 5.41) is 4.04. The van der Waals surface area contributed by atoms with Gasteiger partial charge in [0.25, 0.3) is 0 Å². The van der Waals surface area contributed by atoms with Crippen molar-refractivity contribution in [3.63, 3.8) is 0 Å². The van der Waals surface area contributed by atoms with E-state index in [1.807, 2.05) is 0 Å². The maximum Gasteiger partial charge on any atom is 0.343 e. The van der Waals surface area contributed by atoms with Crippen molar-refractivity contribution >= 4 is 11.8 Å². The highest BCUT2D eigenvalue weighted by Crippen LogP contribution is 2.39. The molecule has 0 bridgehead atoms. The molecule has 1 saturated carbocycles. The molecule has 1 heterocycles. The predicted octanol–water partition coefficient (Wildman–Crippen LogP) is 2.39. The third-order valence-electron chi connectivity index (χ3n) is 3.36. The Morgan fingerprint density at radius 2 is 2.21 bits per heavy atom. The molecule has 1 aliphatic carbocycles. The van der Waals surface area contributed by atoms with Gasteiger partial charge in [0, 0.05) is 12.8 Å². The molecule has 0 aromatic carbocycles. The van der Waals surface area contributed by atoms with Crippen LogP contribution in [0, 0.1) is 0 Å². The van der Waals surface area contributed by atoms with E-state index in [0.29, 0.717) is 12.8 Å². The number of hydrogen-bond acceptors (Lipinski definition) is 4. The third-order valence-corrected chi connectivity index (χ3v) is 3.36. The number of halogens is 2. The highest BCUT2D eigenvalue weighted by molar-refractivity contribution is 5.93. The number of hydrogen-bond donors (Lipinski definition) is 1. The lowest BCUT2D eigenvalue weighted by molar-refractivity contribution is -0.0448. The van der Waals surface area contributed by atoms with Crippen LogP contribution in [0.3, 0.4) is 0 Å². The molecule has 0 spiro atoms. The van der Waals surface area contributed by atoms with Gasteiger partial charge >= 0.3 is 5.97 Å². The minimum atomic E-state index is -2.59. The molecule has 0 unspecified atom stereocenters. The second-order valence-electron chi connectivity index (χ2n) is 4.70. The van der Waals surface area contributed by atoms with Crippen molar-refractivity contribution < 1.29 is 18.3 Å². The van der Waals surface area contributed by atoms with Gasteiger partial charge in [-0.15, -0.1) is 0 Å². The van der Waals surface area contributed by atoms with Gasteiger partial charge in [-0.3, -0.25) is 0 Å². The molecule has 0 saturated heterocycles. The molecular weight excluding hydrogens is 256 g/mol. The molecule has 19 heavy (non-hydrogen) atoms. The van der Waals surface area contributed by atoms with Crippen molar-refractivity contribution in [3.05, 3.63) is 11.8 Å². The van der Waals surface area contributed by atoms with Crippen LogP contribution in [-0.4, -0.2) is 28.3 Å². The van der Waals surface area contributed by atoms with Gasteiger partial charge in [0.1, 0.15) is 11.4 Å². The summed E-state index contributed by atoms with van der Waals surface area (Å²) in [4.78, 5) is 11.6. The van der Waals surface area contributed by atoms with E-state index in [2.05, 4.69) is 5.10 Å². The van der Waals surface area contributed by atoms with Crippen LogP contribution in [-0.2, 0) is 4.74 Å². The van der Waals surface area contributed by atoms with E-state index in [1.165, 1.54) is 10.9 Å². The molecule has 1 aromatic heterocycles. The van der Waals surface area contributed by atoms with Crippen LogP contribution < -0.4 is 5.73 Å². The van der Waals surface area contributed by atoms with Crippen molar-refractivity contribution in [2.45, 2.75) is 44.6 Å². The molecule has 5 nitrogen and oxygen atoms in total. The van der Waals surface area contributed by atoms with Crippen molar-refractivity contribution in [1.29, 1.82) is 0 Å². The number of esters is 1. The van der Waals surface area contributed by atoms with Crippen molar-refractivity contribution in [1.82, 2.24) is 9.78 Å². The smallest absolute Gasteiger partial charge is 0.343 e. The van der Waals surface area contributed by atoms with Crippen molar-refractivity contribution in [2.24, 2.45) is 0 Å². The summed E-state index contributed by atoms with van der Waals surface area (Å²) in [5.74, 6) is -2.94. The van der Waals surface area contributed by atoms with Gasteiger partial charge in [0.05, 0.1) is 18.8 Å². The van der Waals surface area contributed by atoms with Crippen LogP contribution in [0.1, 0.15) is 49.0 Å². The van der Waals surface area contributed by atoms with Gasteiger partial charge in [0.15, 0.2) is 0 Å². The zero-order valence-corrected chi connectivity index (χ0v) is 10.7. The zero-order valence-electron chi connectivity index (χ0n) is 10.7. The van der Waals surface area contributed by atoms with E-state index in [-0.39, 0.29) is 36.9 Å². The number of ether oxygens (including phenoxy) is 1. The van der Waals surface area contributed by atoms with Gasteiger partial charge in [-0.2, -0.15) is 5.10 Å². The Hall–Kier alpha value is -1.66. The van der Waals surface area contributed by atoms with E-state index in [4.69, 9.17) is 10.5 Å². The Balaban J connectivity index is 2.12. The Morgan fingerprint density at radius 1 is 1.58 bits per heavy atom. The minimum Gasteiger partial charge on any atom is -0.462 e. The minimum absolute atomic E-state index is 0.175. The molecule has 0 radical (unpaired) electrons. The molecule has 1 fully saturated rings. The normalized spacial score (nSPS) is 19.3. The summed E-state index contributed by atoms with van der Waals surface area (Å²) >= 11 is 0. The van der Waals surface area contributed by atoms with E-state index < -0.39 is 11.9 Å². The number of nitrogens with zero attached hydrogens (tertiary/aromatic N) is 2. The van der Waals surface area contributed by atoms with Crippen LogP contribution in [0.4, 0.5) is 14.6 Å². The highest BCUT2D eigenvalue weighted by atomic mass is 19.3. The molecule has 2 rings (SSSR count). The quantitative estimate of drug-likeness (QED) is 0.858. The van der Waals surface area contributed by atoms with E-state index in [1.54, 1.807) is 6.92 Å². The first-order valence-electron chi connectivity index (χ1n) is 6.32. The zero-order chi connectivity index (χ0) is 14.0. The lowest BCUT2D eigenvalue weighted by Gasteiger charge is -2.28. The average Bonchev–Trinajstić information content (AvgIpc) is 2.72. The van der Waals surface area contributed by atoms with E-state index >= 15 is 0 Å². The number of alkyl halides is 2. The Bertz CT molecular complexity index is 464. The van der Waals surface area contributed by atoms with Gasteiger partial charge in [0.2, 0.25) is 5.92 Å². The number of carbonyl (C=O) groups excluding carboxylic acids is 1. The van der Waals surface area contributed by atoms with Gasteiger partial charge < -0.3 is 10.5 Å². The summed E-state index contributed by atoms with van der Waals surface area (Å²) < 4.78 is 32.5. The number of anilines is 1. The summed E-state index contributed by atoms with van der Waals surface area (Å²) in [7, 11) is 0. The molecule has 0 amide bonds. The SMILES string of the molecule is CCOC(=O)c1cnn(C2CCC(F)(F)CC2)c1N. The van der Waals surface area contributed by atoms with Gasteiger partial charge in [-0.1, -0.05) is 0 Å². The molecule has 0 atom stereocenters. The Labute approximate surface area is 109 Å². The van der Waals surface area contributed by atoms with E-state index in [0.717, 1.165) is 0 Å². The summed E-state index contributed by atoms with van der Waals surface area (Å²) in [5.41, 5.74) is 6.04. The van der Waals surface area contributed by atoms with Crippen LogP contribution in [0.25, 0.3) is 0 Å². The molecule has 7 heteroatoms. The maximum atomic E-state index is 13.1. The Morgan fingerprint density at radius 3 is 2.79 bits per heavy atom. The van der Waals surface area contributed by atoms with Crippen molar-refractivity contribution in [2.75, 3.05) is 12.3 Å². The molecule has 1 aromatic rings. The van der Waals surface area contributed by atoms with Crippen LogP contribution in [0.15, 0.2) is 6.20 Å². The molecule has 2 N–H and O–H groups in total. The summed E-state index contributed by atoms with van der Waals surface area (Å²) in [6.45, 7) is 1.95. The lowest BCUT2D eigenvalue weighted by atomic mass is 9.92. The summed E-state index contributed by atoms with van der Waals surface area (Å²) in [6.07, 6.45) is 1.60. The fourth-order valence-electron chi connectivity index (χ4n) is 2.30. The topological polar surface area (TPSA) is 70.1 Å².